The van der Waals surface area contributed by atoms with E-state index in [1.807, 2.05) is 54.9 Å². The average molecular weight is 552 g/mol. The molecule has 0 fully saturated rings. The molecule has 4 rings (SSSR count). The Kier molecular flexibility index (Phi) is 11.2. The van der Waals surface area contributed by atoms with Crippen LogP contribution in [-0.4, -0.2) is 66.8 Å². The van der Waals surface area contributed by atoms with Crippen molar-refractivity contribution in [3.63, 3.8) is 0 Å². The Morgan fingerprint density at radius 2 is 1.73 bits per heavy atom. The Labute approximate surface area is 230 Å². The second-order valence-corrected chi connectivity index (χ2v) is 8.97. The van der Waals surface area contributed by atoms with Crippen molar-refractivity contribution in [3.8, 4) is 0 Å². The molecular weight excluding hydrogens is 515 g/mol. The zero-order valence-electron chi connectivity index (χ0n) is 21.7. The first kappa shape index (κ1) is 30.4. The molecule has 0 bridgehead atoms. The highest BCUT2D eigenvalue weighted by Gasteiger charge is 2.27. The largest absolute Gasteiger partial charge is 0.356 e. The summed E-state index contributed by atoms with van der Waals surface area (Å²) in [6, 6.07) is 12.1. The molecular formula is C26H36Cl2N6O3. The number of fused-ring (bicyclic) bond motifs is 2. The van der Waals surface area contributed by atoms with E-state index < -0.39 is 0 Å². The predicted octanol–water partition coefficient (Wildman–Crippen LogP) is 3.21. The third kappa shape index (κ3) is 7.13. The van der Waals surface area contributed by atoms with E-state index in [2.05, 4.69) is 27.9 Å². The van der Waals surface area contributed by atoms with Gasteiger partial charge in [-0.2, -0.15) is 0 Å². The second kappa shape index (κ2) is 13.6. The van der Waals surface area contributed by atoms with Gasteiger partial charge in [-0.15, -0.1) is 24.8 Å². The smallest absolute Gasteiger partial charge is 0.256 e. The number of aryl methyl sites for hydroxylation is 2. The van der Waals surface area contributed by atoms with Crippen LogP contribution in [0, 0.1) is 13.8 Å². The number of hydrogen-bond donors (Lipinski definition) is 2. The van der Waals surface area contributed by atoms with Gasteiger partial charge < -0.3 is 20.1 Å². The highest BCUT2D eigenvalue weighted by molar-refractivity contribution is 5.90. The summed E-state index contributed by atoms with van der Waals surface area (Å²) in [6.07, 6.45) is 0. The van der Waals surface area contributed by atoms with Crippen LogP contribution >= 0.6 is 24.8 Å². The maximum Gasteiger partial charge on any atom is 0.256 e. The number of anilines is 1. The molecule has 1 aromatic heterocycles. The number of carbonyl (C=O) groups excluding carboxylic acids is 2. The monoisotopic (exact) mass is 550 g/mol. The Bertz CT molecular complexity index is 1190. The van der Waals surface area contributed by atoms with Crippen LogP contribution in [0.25, 0.3) is 11.0 Å². The lowest BCUT2D eigenvalue weighted by atomic mass is 10.1. The van der Waals surface area contributed by atoms with Crippen LogP contribution in [0.3, 0.4) is 0 Å². The molecule has 202 valence electrons. The van der Waals surface area contributed by atoms with Gasteiger partial charge in [-0.1, -0.05) is 36.3 Å². The summed E-state index contributed by atoms with van der Waals surface area (Å²) in [5.41, 5.74) is 5.63. The quantitative estimate of drug-likeness (QED) is 0.374. The van der Waals surface area contributed by atoms with Gasteiger partial charge in [0.25, 0.3) is 5.91 Å². The average Bonchev–Trinajstić information content (AvgIpc) is 3.44. The first-order valence-electron chi connectivity index (χ1n) is 12.0. The zero-order chi connectivity index (χ0) is 24.9. The van der Waals surface area contributed by atoms with Gasteiger partial charge in [0, 0.05) is 50.4 Å². The molecule has 0 unspecified atom stereocenters. The van der Waals surface area contributed by atoms with Crippen molar-refractivity contribution in [2.24, 2.45) is 0 Å². The molecule has 2 aromatic carbocycles. The van der Waals surface area contributed by atoms with Gasteiger partial charge in [0.05, 0.1) is 18.8 Å². The molecule has 0 atom stereocenters. The van der Waals surface area contributed by atoms with E-state index in [1.165, 1.54) is 11.1 Å². The highest BCUT2D eigenvalue weighted by atomic mass is 35.5. The zero-order valence-corrected chi connectivity index (χ0v) is 23.4. The molecule has 37 heavy (non-hydrogen) atoms. The molecule has 3 aromatic rings. The van der Waals surface area contributed by atoms with E-state index in [4.69, 9.17) is 4.52 Å². The van der Waals surface area contributed by atoms with Crippen LogP contribution in [0.15, 0.2) is 40.9 Å². The van der Waals surface area contributed by atoms with Crippen LogP contribution in [0.5, 0.6) is 0 Å². The van der Waals surface area contributed by atoms with Crippen molar-refractivity contribution in [1.82, 2.24) is 25.8 Å². The minimum atomic E-state index is -0.139. The molecule has 0 spiro atoms. The van der Waals surface area contributed by atoms with Crippen molar-refractivity contribution < 1.29 is 14.1 Å². The van der Waals surface area contributed by atoms with Crippen LogP contribution < -0.4 is 15.5 Å². The molecule has 2 heterocycles. The van der Waals surface area contributed by atoms with Crippen LogP contribution in [0.2, 0.25) is 0 Å². The molecule has 2 N–H and O–H groups in total. The van der Waals surface area contributed by atoms with Gasteiger partial charge in [-0.3, -0.25) is 14.6 Å². The molecule has 0 aliphatic carbocycles. The molecule has 0 saturated carbocycles. The number of carbonyl (C=O) groups is 2. The molecule has 1 aliphatic rings. The number of halogens is 2. The number of likely N-dealkylation sites (N-methyl/N-ethyl adjacent to an activating group) is 2. The molecule has 11 heteroatoms. The third-order valence-corrected chi connectivity index (χ3v) is 6.45. The van der Waals surface area contributed by atoms with E-state index in [9.17, 15) is 9.59 Å². The van der Waals surface area contributed by atoms with Crippen LogP contribution in [-0.2, 0) is 22.7 Å². The lowest BCUT2D eigenvalue weighted by Gasteiger charge is -2.31. The fourth-order valence-electron chi connectivity index (χ4n) is 4.42. The van der Waals surface area contributed by atoms with Gasteiger partial charge in [-0.05, 0) is 43.1 Å². The minimum Gasteiger partial charge on any atom is -0.356 e. The fourth-order valence-corrected chi connectivity index (χ4v) is 4.42. The van der Waals surface area contributed by atoms with Crippen LogP contribution in [0.4, 0.5) is 5.69 Å². The number of hydrogen-bond acceptors (Lipinski definition) is 7. The topological polar surface area (TPSA) is 93.9 Å². The van der Waals surface area contributed by atoms with Crippen molar-refractivity contribution in [1.29, 1.82) is 0 Å². The summed E-state index contributed by atoms with van der Waals surface area (Å²) in [5.74, 6) is -0.230. The first-order valence-corrected chi connectivity index (χ1v) is 12.0. The van der Waals surface area contributed by atoms with Gasteiger partial charge in [0.2, 0.25) is 5.91 Å². The van der Waals surface area contributed by atoms with Crippen LogP contribution in [0.1, 0.15) is 29.3 Å². The molecule has 9 nitrogen and oxygen atoms in total. The number of nitrogens with zero attached hydrogens (tertiary/aromatic N) is 4. The molecule has 0 radical (unpaired) electrons. The van der Waals surface area contributed by atoms with Gasteiger partial charge in [0.1, 0.15) is 0 Å². The van der Waals surface area contributed by atoms with Gasteiger partial charge >= 0.3 is 0 Å². The Morgan fingerprint density at radius 1 is 1.05 bits per heavy atom. The van der Waals surface area contributed by atoms with Gasteiger partial charge in [0.15, 0.2) is 5.58 Å². The standard InChI is InChI=1S/C26H34N6O3.2ClH/c1-5-27-10-11-28-25(33)16-31(23-13-24-22(12-18(23)2)19(3)29-35-24)17-26(34)30(4)32-14-20-8-6-7-9-21(20)15-32;;/h6-9,12-13,27H,5,10-11,14-17H2,1-4H3,(H,28,33);2*1H. The van der Waals surface area contributed by atoms with Crippen molar-refractivity contribution in [2.75, 3.05) is 44.7 Å². The first-order chi connectivity index (χ1) is 16.9. The normalized spacial score (nSPS) is 12.4. The molecule has 1 aliphatic heterocycles. The number of nitrogens with one attached hydrogen (secondary N) is 2. The SMILES string of the molecule is CCNCCNC(=O)CN(CC(=O)N(C)N1Cc2ccccc2C1)c1cc2onc(C)c2cc1C.Cl.Cl. The van der Waals surface area contributed by atoms with Crippen molar-refractivity contribution in [3.05, 3.63) is 58.8 Å². The minimum absolute atomic E-state index is 0. The summed E-state index contributed by atoms with van der Waals surface area (Å²) in [5, 5.41) is 14.8. The Balaban J connectivity index is 0.00000241. The third-order valence-electron chi connectivity index (χ3n) is 6.45. The Hall–Kier alpha value is -2.85. The summed E-state index contributed by atoms with van der Waals surface area (Å²) in [4.78, 5) is 28.0. The summed E-state index contributed by atoms with van der Waals surface area (Å²) in [6.45, 7) is 9.46. The maximum atomic E-state index is 13.4. The van der Waals surface area contributed by atoms with E-state index in [0.29, 0.717) is 31.8 Å². The number of hydrazine groups is 1. The van der Waals surface area contributed by atoms with E-state index in [0.717, 1.165) is 28.9 Å². The predicted molar refractivity (Wildman–Crippen MR) is 150 cm³/mol. The number of rotatable bonds is 10. The molecule has 0 saturated heterocycles. The highest BCUT2D eigenvalue weighted by Crippen LogP contribution is 2.29. The van der Waals surface area contributed by atoms with E-state index in [1.54, 1.807) is 12.1 Å². The summed E-state index contributed by atoms with van der Waals surface area (Å²) < 4.78 is 5.47. The maximum absolute atomic E-state index is 13.4. The molecule has 2 amide bonds. The number of amides is 2. The van der Waals surface area contributed by atoms with E-state index >= 15 is 0 Å². The van der Waals surface area contributed by atoms with Crippen molar-refractivity contribution >= 4 is 53.3 Å². The number of benzene rings is 2. The van der Waals surface area contributed by atoms with E-state index in [-0.39, 0.29) is 49.7 Å². The fraction of sp³-hybridized carbons (Fsp3) is 0.423. The van der Waals surface area contributed by atoms with Crippen molar-refractivity contribution in [2.45, 2.75) is 33.9 Å². The van der Waals surface area contributed by atoms with Gasteiger partial charge in [-0.25, -0.2) is 5.01 Å². The number of aromatic nitrogens is 1. The summed E-state index contributed by atoms with van der Waals surface area (Å²) in [7, 11) is 1.79. The Morgan fingerprint density at radius 3 is 2.38 bits per heavy atom. The second-order valence-electron chi connectivity index (χ2n) is 8.97. The summed E-state index contributed by atoms with van der Waals surface area (Å²) >= 11 is 0. The lowest BCUT2D eigenvalue weighted by molar-refractivity contribution is -0.145. The lowest BCUT2D eigenvalue weighted by Crippen LogP contribution is -2.48.